The molecule has 0 amide bonds. The van der Waals surface area contributed by atoms with Crippen molar-refractivity contribution in [2.24, 2.45) is 11.8 Å². The van der Waals surface area contributed by atoms with Crippen LogP contribution in [0.5, 0.6) is 17.2 Å². The molecule has 2 aliphatic rings. The first-order chi connectivity index (χ1) is 16.2. The van der Waals surface area contributed by atoms with Gasteiger partial charge in [0.2, 0.25) is 5.75 Å². The minimum atomic E-state index is -1.000. The lowest BCUT2D eigenvalue weighted by Crippen LogP contribution is -2.43. The Bertz CT molecular complexity index is 1050. The molecule has 0 aromatic heterocycles. The van der Waals surface area contributed by atoms with Gasteiger partial charge in [0.25, 0.3) is 0 Å². The van der Waals surface area contributed by atoms with Crippen molar-refractivity contribution >= 4 is 17.7 Å². The van der Waals surface area contributed by atoms with Crippen molar-refractivity contribution in [1.29, 1.82) is 0 Å². The molecule has 1 aliphatic carbocycles. The van der Waals surface area contributed by atoms with E-state index in [1.807, 2.05) is 13.8 Å². The molecule has 9 nitrogen and oxygen atoms in total. The number of aromatic hydroxyl groups is 1. The SMILES string of the molecule is CCCOC(=O)C1=C(C)NC2=C(C(=O)C(C(=O)OC)C(C)C2)C1c1cc(OC)c(O)c(OC)c1. The van der Waals surface area contributed by atoms with E-state index >= 15 is 0 Å². The summed E-state index contributed by atoms with van der Waals surface area (Å²) in [4.78, 5) is 39.4. The third kappa shape index (κ3) is 4.34. The number of carbonyl (C=O) groups excluding carboxylic acids is 3. The number of nitrogens with one attached hydrogen (secondary N) is 1. The number of esters is 2. The molecule has 1 heterocycles. The monoisotopic (exact) mass is 473 g/mol. The van der Waals surface area contributed by atoms with Crippen LogP contribution in [-0.4, -0.2) is 50.8 Å². The quantitative estimate of drug-likeness (QED) is 0.455. The molecule has 0 radical (unpaired) electrons. The molecule has 2 N–H and O–H groups in total. The van der Waals surface area contributed by atoms with E-state index < -0.39 is 29.6 Å². The molecular weight excluding hydrogens is 442 g/mol. The average molecular weight is 474 g/mol. The van der Waals surface area contributed by atoms with Gasteiger partial charge in [-0.3, -0.25) is 9.59 Å². The molecule has 3 atom stereocenters. The molecule has 1 aromatic carbocycles. The second-order valence-electron chi connectivity index (χ2n) is 8.45. The van der Waals surface area contributed by atoms with Crippen LogP contribution >= 0.6 is 0 Å². The Kier molecular flexibility index (Phi) is 7.54. The Morgan fingerprint density at radius 2 is 1.76 bits per heavy atom. The average Bonchev–Trinajstić information content (AvgIpc) is 2.81. The van der Waals surface area contributed by atoms with Crippen LogP contribution < -0.4 is 14.8 Å². The van der Waals surface area contributed by atoms with Crippen LogP contribution in [-0.2, 0) is 23.9 Å². The highest BCUT2D eigenvalue weighted by atomic mass is 16.5. The first kappa shape index (κ1) is 25.1. The molecule has 3 rings (SSSR count). The van der Waals surface area contributed by atoms with Gasteiger partial charge < -0.3 is 29.4 Å². The zero-order valence-corrected chi connectivity index (χ0v) is 20.3. The molecule has 34 heavy (non-hydrogen) atoms. The lowest BCUT2D eigenvalue weighted by molar-refractivity contribution is -0.151. The van der Waals surface area contributed by atoms with E-state index in [-0.39, 0.29) is 40.9 Å². The van der Waals surface area contributed by atoms with Crippen molar-refractivity contribution in [1.82, 2.24) is 5.32 Å². The maximum absolute atomic E-state index is 13.7. The van der Waals surface area contributed by atoms with Crippen LogP contribution in [0.2, 0.25) is 0 Å². The van der Waals surface area contributed by atoms with Crippen LogP contribution in [0.1, 0.15) is 45.1 Å². The summed E-state index contributed by atoms with van der Waals surface area (Å²) in [6, 6.07) is 3.11. The van der Waals surface area contributed by atoms with Gasteiger partial charge >= 0.3 is 11.9 Å². The van der Waals surface area contributed by atoms with Crippen molar-refractivity contribution in [2.45, 2.75) is 39.5 Å². The maximum Gasteiger partial charge on any atom is 0.336 e. The first-order valence-electron chi connectivity index (χ1n) is 11.1. The van der Waals surface area contributed by atoms with E-state index in [0.29, 0.717) is 29.8 Å². The topological polar surface area (TPSA) is 120 Å². The van der Waals surface area contributed by atoms with E-state index in [0.717, 1.165) is 0 Å². The summed E-state index contributed by atoms with van der Waals surface area (Å²) < 4.78 is 21.0. The van der Waals surface area contributed by atoms with Gasteiger partial charge in [-0.2, -0.15) is 0 Å². The summed E-state index contributed by atoms with van der Waals surface area (Å²) in [6.07, 6.45) is 1.05. The van der Waals surface area contributed by atoms with Crippen molar-refractivity contribution in [3.63, 3.8) is 0 Å². The fourth-order valence-electron chi connectivity index (χ4n) is 4.64. The van der Waals surface area contributed by atoms with Gasteiger partial charge in [-0.1, -0.05) is 13.8 Å². The zero-order chi connectivity index (χ0) is 25.2. The number of hydrogen-bond donors (Lipinski definition) is 2. The van der Waals surface area contributed by atoms with Crippen LogP contribution in [0.15, 0.2) is 34.7 Å². The number of dihydropyridines is 1. The summed E-state index contributed by atoms with van der Waals surface area (Å²) in [5, 5.41) is 13.6. The molecule has 0 spiro atoms. The minimum absolute atomic E-state index is 0.120. The van der Waals surface area contributed by atoms with Gasteiger partial charge in [0, 0.05) is 22.9 Å². The summed E-state index contributed by atoms with van der Waals surface area (Å²) in [6.45, 7) is 5.66. The normalized spacial score (nSPS) is 22.1. The van der Waals surface area contributed by atoms with Gasteiger partial charge in [0.1, 0.15) is 5.92 Å². The molecule has 0 saturated carbocycles. The third-order valence-corrected chi connectivity index (χ3v) is 6.24. The second-order valence-corrected chi connectivity index (χ2v) is 8.45. The first-order valence-corrected chi connectivity index (χ1v) is 11.1. The minimum Gasteiger partial charge on any atom is -0.502 e. The summed E-state index contributed by atoms with van der Waals surface area (Å²) in [5.41, 5.74) is 2.20. The highest BCUT2D eigenvalue weighted by Gasteiger charge is 2.47. The number of phenolic OH excluding ortho intramolecular Hbond substituents is 1. The molecule has 184 valence electrons. The van der Waals surface area contributed by atoms with Crippen molar-refractivity contribution in [3.8, 4) is 17.2 Å². The Labute approximate surface area is 198 Å². The van der Waals surface area contributed by atoms with Gasteiger partial charge in [-0.15, -0.1) is 0 Å². The molecule has 1 aliphatic heterocycles. The van der Waals surface area contributed by atoms with Crippen LogP contribution in [0.4, 0.5) is 0 Å². The highest BCUT2D eigenvalue weighted by Crippen LogP contribution is 2.48. The summed E-state index contributed by atoms with van der Waals surface area (Å²) in [5.74, 6) is -3.74. The van der Waals surface area contributed by atoms with Gasteiger partial charge in [0.15, 0.2) is 17.3 Å². The van der Waals surface area contributed by atoms with E-state index in [9.17, 15) is 19.5 Å². The number of carbonyl (C=O) groups is 3. The predicted octanol–water partition coefficient (Wildman–Crippen LogP) is 2.98. The third-order valence-electron chi connectivity index (χ3n) is 6.24. The van der Waals surface area contributed by atoms with Crippen LogP contribution in [0.3, 0.4) is 0 Å². The molecule has 0 saturated heterocycles. The van der Waals surface area contributed by atoms with Gasteiger partial charge in [-0.25, -0.2) is 4.79 Å². The zero-order valence-electron chi connectivity index (χ0n) is 20.3. The largest absolute Gasteiger partial charge is 0.502 e. The van der Waals surface area contributed by atoms with Crippen LogP contribution in [0, 0.1) is 11.8 Å². The number of benzene rings is 1. The van der Waals surface area contributed by atoms with Gasteiger partial charge in [-0.05, 0) is 43.4 Å². The van der Waals surface area contributed by atoms with E-state index in [4.69, 9.17) is 18.9 Å². The standard InChI is InChI=1S/C25H31NO8/c1-7-8-34-25(30)19-13(3)26-15-9-12(2)18(24(29)33-6)23(28)21(15)20(19)14-10-16(31-4)22(27)17(11-14)32-5/h10-12,18,20,26-27H,7-9H2,1-6H3. The molecule has 0 fully saturated rings. The molecule has 9 heteroatoms. The predicted molar refractivity (Wildman–Crippen MR) is 122 cm³/mol. The molecular formula is C25H31NO8. The number of Topliss-reactive ketones (excluding diaryl/α,β-unsaturated/α-hetero) is 1. The smallest absolute Gasteiger partial charge is 0.336 e. The molecule has 3 unspecified atom stereocenters. The van der Waals surface area contributed by atoms with Crippen molar-refractivity contribution in [2.75, 3.05) is 27.9 Å². The lowest BCUT2D eigenvalue weighted by atomic mass is 9.69. The summed E-state index contributed by atoms with van der Waals surface area (Å²) >= 11 is 0. The number of allylic oxidation sites excluding steroid dienone is 3. The van der Waals surface area contributed by atoms with E-state index in [1.165, 1.54) is 21.3 Å². The van der Waals surface area contributed by atoms with Crippen LogP contribution in [0.25, 0.3) is 0 Å². The number of rotatable bonds is 7. The maximum atomic E-state index is 13.7. The number of phenols is 1. The van der Waals surface area contributed by atoms with Crippen molar-refractivity contribution in [3.05, 3.63) is 40.2 Å². The van der Waals surface area contributed by atoms with E-state index in [2.05, 4.69) is 5.32 Å². The number of methoxy groups -OCH3 is 3. The highest BCUT2D eigenvalue weighted by molar-refractivity contribution is 6.12. The Morgan fingerprint density at radius 3 is 2.29 bits per heavy atom. The summed E-state index contributed by atoms with van der Waals surface area (Å²) in [7, 11) is 4.03. The lowest BCUT2D eigenvalue weighted by Gasteiger charge is -2.38. The van der Waals surface area contributed by atoms with E-state index in [1.54, 1.807) is 19.1 Å². The number of hydrogen-bond acceptors (Lipinski definition) is 9. The fraction of sp³-hybridized carbons (Fsp3) is 0.480. The number of ether oxygens (including phenoxy) is 4. The fourth-order valence-corrected chi connectivity index (χ4v) is 4.64. The molecule has 0 bridgehead atoms. The van der Waals surface area contributed by atoms with Gasteiger partial charge in [0.05, 0.1) is 33.5 Å². The number of ketones is 1. The Balaban J connectivity index is 2.26. The second kappa shape index (κ2) is 10.2. The Hall–Kier alpha value is -3.49. The molecule has 1 aromatic rings. The Morgan fingerprint density at radius 1 is 1.15 bits per heavy atom. The van der Waals surface area contributed by atoms with Crippen molar-refractivity contribution < 1.29 is 38.4 Å².